The number of hydrogen-bond donors (Lipinski definition) is 1. The van der Waals surface area contributed by atoms with Gasteiger partial charge in [0.1, 0.15) is 0 Å². The highest BCUT2D eigenvalue weighted by molar-refractivity contribution is 5.54. The average molecular weight is 288 g/mol. The molecule has 0 saturated carbocycles. The lowest BCUT2D eigenvalue weighted by atomic mass is 10.1. The second-order valence-corrected chi connectivity index (χ2v) is 4.54. The van der Waals surface area contributed by atoms with Crippen LogP contribution in [0.5, 0.6) is 11.6 Å². The summed E-state index contributed by atoms with van der Waals surface area (Å²) < 4.78 is 5.61. The molecule has 0 radical (unpaired) electrons. The van der Waals surface area contributed by atoms with Crippen molar-refractivity contribution in [3.8, 4) is 11.6 Å². The van der Waals surface area contributed by atoms with E-state index in [4.69, 9.17) is 4.74 Å². The maximum atomic E-state index is 11.2. The lowest BCUT2D eigenvalue weighted by Gasteiger charge is -2.10. The lowest BCUT2D eigenvalue weighted by Crippen LogP contribution is -2.03. The van der Waals surface area contributed by atoms with E-state index >= 15 is 0 Å². The first-order valence-electron chi connectivity index (χ1n) is 6.51. The standard InChI is InChI=1S/C14H16N4O3/c1-4-15-14-16-6-5-12(17-14)21-13-10(3)7-9(2)8-11(13)18(19)20/h5-8H,4H2,1-3H3,(H,15,16,17). The fraction of sp³-hybridized carbons (Fsp3) is 0.286. The third kappa shape index (κ3) is 3.44. The maximum absolute atomic E-state index is 11.2. The van der Waals surface area contributed by atoms with Gasteiger partial charge in [-0.3, -0.25) is 10.1 Å². The van der Waals surface area contributed by atoms with Crippen molar-refractivity contribution in [3.05, 3.63) is 45.6 Å². The number of aryl methyl sites for hydroxylation is 2. The number of anilines is 1. The zero-order chi connectivity index (χ0) is 15.4. The monoisotopic (exact) mass is 288 g/mol. The number of nitrogens with one attached hydrogen (secondary N) is 1. The molecule has 1 aromatic carbocycles. The molecule has 0 aliphatic heterocycles. The van der Waals surface area contributed by atoms with E-state index < -0.39 is 4.92 Å². The fourth-order valence-electron chi connectivity index (χ4n) is 1.95. The maximum Gasteiger partial charge on any atom is 0.312 e. The Labute approximate surface area is 122 Å². The predicted molar refractivity (Wildman–Crippen MR) is 78.8 cm³/mol. The van der Waals surface area contributed by atoms with Crippen molar-refractivity contribution in [2.24, 2.45) is 0 Å². The third-order valence-electron chi connectivity index (χ3n) is 2.77. The molecule has 0 fully saturated rings. The van der Waals surface area contributed by atoms with Gasteiger partial charge < -0.3 is 10.1 Å². The summed E-state index contributed by atoms with van der Waals surface area (Å²) in [5.41, 5.74) is 1.42. The molecule has 0 unspecified atom stereocenters. The van der Waals surface area contributed by atoms with Gasteiger partial charge in [0.25, 0.3) is 0 Å². The molecule has 0 saturated heterocycles. The summed E-state index contributed by atoms with van der Waals surface area (Å²) in [7, 11) is 0. The van der Waals surface area contributed by atoms with Crippen LogP contribution in [0.3, 0.4) is 0 Å². The number of aromatic nitrogens is 2. The molecule has 2 rings (SSSR count). The first-order chi connectivity index (χ1) is 10.0. The van der Waals surface area contributed by atoms with Crippen LogP contribution in [0.25, 0.3) is 0 Å². The molecule has 21 heavy (non-hydrogen) atoms. The first-order valence-corrected chi connectivity index (χ1v) is 6.51. The van der Waals surface area contributed by atoms with Gasteiger partial charge in [0.2, 0.25) is 17.6 Å². The second-order valence-electron chi connectivity index (χ2n) is 4.54. The summed E-state index contributed by atoms with van der Waals surface area (Å²) in [5.74, 6) is 0.880. The van der Waals surface area contributed by atoms with Crippen LogP contribution >= 0.6 is 0 Å². The molecular formula is C14H16N4O3. The Hall–Kier alpha value is -2.70. The quantitative estimate of drug-likeness (QED) is 0.671. The van der Waals surface area contributed by atoms with Gasteiger partial charge in [0.15, 0.2) is 0 Å². The SMILES string of the molecule is CCNc1nccc(Oc2c(C)cc(C)cc2[N+](=O)[O-])n1. The highest BCUT2D eigenvalue weighted by Gasteiger charge is 2.19. The van der Waals surface area contributed by atoms with Crippen molar-refractivity contribution in [1.29, 1.82) is 0 Å². The van der Waals surface area contributed by atoms with E-state index in [0.717, 1.165) is 5.56 Å². The Morgan fingerprint density at radius 3 is 2.81 bits per heavy atom. The topological polar surface area (TPSA) is 90.2 Å². The van der Waals surface area contributed by atoms with Gasteiger partial charge in [-0.2, -0.15) is 4.98 Å². The summed E-state index contributed by atoms with van der Waals surface area (Å²) in [5, 5.41) is 14.1. The Kier molecular flexibility index (Phi) is 4.32. The van der Waals surface area contributed by atoms with Gasteiger partial charge in [-0.25, -0.2) is 4.98 Å². The van der Waals surface area contributed by atoms with E-state index in [9.17, 15) is 10.1 Å². The van der Waals surface area contributed by atoms with E-state index in [1.807, 2.05) is 13.0 Å². The van der Waals surface area contributed by atoms with Gasteiger partial charge in [-0.1, -0.05) is 6.07 Å². The molecular weight excluding hydrogens is 272 g/mol. The molecule has 7 nitrogen and oxygen atoms in total. The zero-order valence-electron chi connectivity index (χ0n) is 12.1. The van der Waals surface area contributed by atoms with Crippen molar-refractivity contribution in [3.63, 3.8) is 0 Å². The van der Waals surface area contributed by atoms with Crippen molar-refractivity contribution in [2.75, 3.05) is 11.9 Å². The molecule has 0 spiro atoms. The Morgan fingerprint density at radius 1 is 1.38 bits per heavy atom. The van der Waals surface area contributed by atoms with Crippen LogP contribution in [0.4, 0.5) is 11.6 Å². The average Bonchev–Trinajstić information content (AvgIpc) is 2.42. The molecule has 1 heterocycles. The second kappa shape index (κ2) is 6.17. The van der Waals surface area contributed by atoms with Crippen LogP contribution < -0.4 is 10.1 Å². The number of nitro groups is 1. The van der Waals surface area contributed by atoms with Crippen molar-refractivity contribution in [1.82, 2.24) is 9.97 Å². The van der Waals surface area contributed by atoms with E-state index in [1.54, 1.807) is 19.9 Å². The van der Waals surface area contributed by atoms with Gasteiger partial charge in [-0.15, -0.1) is 0 Å². The first kappa shape index (κ1) is 14.7. The number of nitro benzene ring substituents is 1. The minimum Gasteiger partial charge on any atom is -0.431 e. The van der Waals surface area contributed by atoms with E-state index in [-0.39, 0.29) is 17.3 Å². The molecule has 2 aromatic rings. The number of hydrogen-bond acceptors (Lipinski definition) is 6. The molecule has 0 aliphatic carbocycles. The van der Waals surface area contributed by atoms with Gasteiger partial charge >= 0.3 is 5.69 Å². The zero-order valence-corrected chi connectivity index (χ0v) is 12.1. The summed E-state index contributed by atoms with van der Waals surface area (Å²) in [4.78, 5) is 18.9. The Morgan fingerprint density at radius 2 is 2.14 bits per heavy atom. The molecule has 0 bridgehead atoms. The van der Waals surface area contributed by atoms with Gasteiger partial charge in [-0.05, 0) is 31.9 Å². The number of nitrogens with zero attached hydrogens (tertiary/aromatic N) is 3. The summed E-state index contributed by atoms with van der Waals surface area (Å²) in [6.07, 6.45) is 1.54. The highest BCUT2D eigenvalue weighted by Crippen LogP contribution is 2.35. The predicted octanol–water partition coefficient (Wildman–Crippen LogP) is 3.23. The summed E-state index contributed by atoms with van der Waals surface area (Å²) in [6, 6.07) is 4.87. The minimum absolute atomic E-state index is 0.0730. The van der Waals surface area contributed by atoms with E-state index in [2.05, 4.69) is 15.3 Å². The molecule has 0 amide bonds. The van der Waals surface area contributed by atoms with Crippen molar-refractivity contribution < 1.29 is 9.66 Å². The Bertz CT molecular complexity index is 673. The van der Waals surface area contributed by atoms with Crippen LogP contribution in [0, 0.1) is 24.0 Å². The van der Waals surface area contributed by atoms with Crippen LogP contribution in [-0.4, -0.2) is 21.4 Å². The van der Waals surface area contributed by atoms with E-state index in [0.29, 0.717) is 18.1 Å². The van der Waals surface area contributed by atoms with Crippen LogP contribution in [-0.2, 0) is 0 Å². The summed E-state index contributed by atoms with van der Waals surface area (Å²) in [6.45, 7) is 6.17. The number of rotatable bonds is 5. The molecule has 110 valence electrons. The van der Waals surface area contributed by atoms with Crippen molar-refractivity contribution in [2.45, 2.75) is 20.8 Å². The molecule has 7 heteroatoms. The third-order valence-corrected chi connectivity index (χ3v) is 2.77. The summed E-state index contributed by atoms with van der Waals surface area (Å²) >= 11 is 0. The van der Waals surface area contributed by atoms with Crippen LogP contribution in [0.2, 0.25) is 0 Å². The molecule has 0 aliphatic rings. The fourth-order valence-corrected chi connectivity index (χ4v) is 1.95. The molecule has 0 atom stereocenters. The highest BCUT2D eigenvalue weighted by atomic mass is 16.6. The molecule has 1 N–H and O–H groups in total. The van der Waals surface area contributed by atoms with Crippen LogP contribution in [0.1, 0.15) is 18.1 Å². The number of benzene rings is 1. The van der Waals surface area contributed by atoms with Crippen LogP contribution in [0.15, 0.2) is 24.4 Å². The molecule has 1 aromatic heterocycles. The lowest BCUT2D eigenvalue weighted by molar-refractivity contribution is -0.385. The normalized spacial score (nSPS) is 10.2. The largest absolute Gasteiger partial charge is 0.431 e. The van der Waals surface area contributed by atoms with E-state index in [1.165, 1.54) is 12.3 Å². The smallest absolute Gasteiger partial charge is 0.312 e. The Balaban J connectivity index is 2.39. The van der Waals surface area contributed by atoms with Crippen molar-refractivity contribution >= 4 is 11.6 Å². The van der Waals surface area contributed by atoms with Gasteiger partial charge in [0, 0.05) is 24.9 Å². The minimum atomic E-state index is -0.457. The van der Waals surface area contributed by atoms with Gasteiger partial charge in [0.05, 0.1) is 4.92 Å². The number of ether oxygens (including phenoxy) is 1.